The van der Waals surface area contributed by atoms with E-state index < -0.39 is 0 Å². The first-order valence-electron chi connectivity index (χ1n) is 5.78. The molecule has 86 valence electrons. The summed E-state index contributed by atoms with van der Waals surface area (Å²) in [7, 11) is 0. The van der Waals surface area contributed by atoms with Crippen LogP contribution in [0.4, 0.5) is 0 Å². The van der Waals surface area contributed by atoms with Crippen molar-refractivity contribution in [2.75, 3.05) is 0 Å². The summed E-state index contributed by atoms with van der Waals surface area (Å²) in [5.41, 5.74) is 0. The van der Waals surface area contributed by atoms with E-state index in [2.05, 4.69) is 44.9 Å². The zero-order valence-electron chi connectivity index (χ0n) is 9.32. The molecule has 1 heteroatoms. The smallest absolute Gasteiger partial charge is 0 e. The van der Waals surface area contributed by atoms with Crippen molar-refractivity contribution in [2.24, 2.45) is 0 Å². The Kier molecular flexibility index (Phi) is 13.2. The number of hydrogen-bond acceptors (Lipinski definition) is 0. The first-order chi connectivity index (χ1) is 7.00. The summed E-state index contributed by atoms with van der Waals surface area (Å²) < 4.78 is 0. The molecule has 0 bridgehead atoms. The normalized spacial score (nSPS) is 22.4. The fraction of sp³-hybridized carbons (Fsp3) is 0.500. The molecule has 0 atom stereocenters. The van der Waals surface area contributed by atoms with Gasteiger partial charge in [-0.05, 0) is 83.5 Å². The summed E-state index contributed by atoms with van der Waals surface area (Å²) >= 11 is 0. The maximum absolute atomic E-state index is 2.27. The molecule has 0 saturated heterocycles. The molecule has 15 heavy (non-hydrogen) atoms. The average Bonchev–Trinajstić information content (AvgIpc) is 2.20. The Morgan fingerprint density at radius 3 is 1.07 bits per heavy atom. The van der Waals surface area contributed by atoms with Crippen molar-refractivity contribution < 1.29 is 19.5 Å². The fourth-order valence-corrected chi connectivity index (χ4v) is 1.50. The van der Waals surface area contributed by atoms with E-state index in [1.807, 2.05) is 0 Å². The van der Waals surface area contributed by atoms with Crippen LogP contribution in [0.15, 0.2) is 0 Å². The van der Waals surface area contributed by atoms with Gasteiger partial charge in [-0.25, -0.2) is 0 Å². The van der Waals surface area contributed by atoms with Gasteiger partial charge in [0.15, 0.2) is 0 Å². The molecule has 0 aliphatic heterocycles. The molecule has 8 radical (unpaired) electrons. The van der Waals surface area contributed by atoms with Gasteiger partial charge in [0, 0.05) is 19.5 Å². The molecule has 2 aliphatic rings. The Morgan fingerprint density at radius 1 is 0.467 bits per heavy atom. The summed E-state index contributed by atoms with van der Waals surface area (Å²) in [6.07, 6.45) is 24.5. The Bertz CT molecular complexity index is 72.4. The minimum atomic E-state index is 0. The topological polar surface area (TPSA) is 0 Å². The molecule has 0 N–H and O–H groups in total. The van der Waals surface area contributed by atoms with Gasteiger partial charge >= 0.3 is 0 Å². The molecular formula is C14H21Rh. The van der Waals surface area contributed by atoms with Crippen LogP contribution in [-0.2, 0) is 19.5 Å². The summed E-state index contributed by atoms with van der Waals surface area (Å²) in [6, 6.07) is 0. The van der Waals surface area contributed by atoms with Crippen molar-refractivity contribution in [1.29, 1.82) is 0 Å². The molecule has 2 fully saturated rings. The Morgan fingerprint density at radius 2 is 0.867 bits per heavy atom. The Labute approximate surface area is 109 Å². The van der Waals surface area contributed by atoms with E-state index in [9.17, 15) is 0 Å². The molecule has 0 spiro atoms. The van der Waals surface area contributed by atoms with E-state index in [4.69, 9.17) is 0 Å². The molecule has 0 heterocycles. The van der Waals surface area contributed by atoms with Gasteiger partial charge in [0.1, 0.15) is 0 Å². The fourth-order valence-electron chi connectivity index (χ4n) is 1.50. The number of rotatable bonds is 0. The zero-order valence-corrected chi connectivity index (χ0v) is 11.0. The van der Waals surface area contributed by atoms with Gasteiger partial charge in [-0.3, -0.25) is 0 Å². The van der Waals surface area contributed by atoms with Crippen LogP contribution >= 0.6 is 0 Å². The second kappa shape index (κ2) is 12.7. The van der Waals surface area contributed by atoms with E-state index >= 15 is 0 Å². The van der Waals surface area contributed by atoms with Crippen LogP contribution in [-0.4, -0.2) is 0 Å². The summed E-state index contributed by atoms with van der Waals surface area (Å²) in [5.74, 6) is 0. The van der Waals surface area contributed by atoms with E-state index in [0.717, 1.165) is 0 Å². The van der Waals surface area contributed by atoms with Crippen LogP contribution in [0.1, 0.15) is 44.9 Å². The predicted molar refractivity (Wildman–Crippen MR) is 62.4 cm³/mol. The Hall–Kier alpha value is 0.623. The predicted octanol–water partition coefficient (Wildman–Crippen LogP) is 4.16. The van der Waals surface area contributed by atoms with Crippen molar-refractivity contribution in [3.8, 4) is 0 Å². The first kappa shape index (κ1) is 15.6. The van der Waals surface area contributed by atoms with Crippen LogP contribution < -0.4 is 0 Å². The second-order valence-corrected chi connectivity index (χ2v) is 3.69. The molecule has 2 aliphatic carbocycles. The van der Waals surface area contributed by atoms with E-state index in [1.165, 1.54) is 44.9 Å². The SMILES string of the molecule is [CH]1[CH]CCC[CH]1.[CH]1[CH]CC[CH][CH]CC1.[Rh]. The number of hydrogen-bond donors (Lipinski definition) is 0. The quantitative estimate of drug-likeness (QED) is 0.588. The third kappa shape index (κ3) is 10.9. The third-order valence-corrected chi connectivity index (χ3v) is 2.35. The maximum atomic E-state index is 2.27. The molecule has 2 rings (SSSR count). The van der Waals surface area contributed by atoms with Crippen molar-refractivity contribution in [2.45, 2.75) is 44.9 Å². The van der Waals surface area contributed by atoms with Gasteiger partial charge in [0.05, 0.1) is 0 Å². The molecule has 0 aromatic heterocycles. The zero-order chi connectivity index (χ0) is 9.90. The van der Waals surface area contributed by atoms with Gasteiger partial charge in [-0.1, -0.05) is 6.42 Å². The maximum Gasteiger partial charge on any atom is 0 e. The third-order valence-electron chi connectivity index (χ3n) is 2.35. The molecule has 2 saturated carbocycles. The summed E-state index contributed by atoms with van der Waals surface area (Å²) in [5, 5.41) is 0. The monoisotopic (exact) mass is 292 g/mol. The second-order valence-electron chi connectivity index (χ2n) is 3.69. The first-order valence-corrected chi connectivity index (χ1v) is 5.78. The van der Waals surface area contributed by atoms with E-state index in [-0.39, 0.29) is 19.5 Å². The van der Waals surface area contributed by atoms with E-state index in [1.54, 1.807) is 0 Å². The minimum absolute atomic E-state index is 0. The van der Waals surface area contributed by atoms with Crippen molar-refractivity contribution in [1.82, 2.24) is 0 Å². The van der Waals surface area contributed by atoms with Gasteiger partial charge < -0.3 is 0 Å². The molecule has 0 aromatic carbocycles. The minimum Gasteiger partial charge on any atom is -0.0527 e. The van der Waals surface area contributed by atoms with Crippen LogP contribution in [0.25, 0.3) is 0 Å². The van der Waals surface area contributed by atoms with Gasteiger partial charge in [0.25, 0.3) is 0 Å². The molecular weight excluding hydrogens is 271 g/mol. The van der Waals surface area contributed by atoms with Crippen molar-refractivity contribution in [3.63, 3.8) is 0 Å². The molecule has 0 nitrogen and oxygen atoms in total. The van der Waals surface area contributed by atoms with Gasteiger partial charge in [-0.2, -0.15) is 0 Å². The summed E-state index contributed by atoms with van der Waals surface area (Å²) in [6.45, 7) is 0. The van der Waals surface area contributed by atoms with Gasteiger partial charge in [0.2, 0.25) is 0 Å². The van der Waals surface area contributed by atoms with Crippen LogP contribution in [0, 0.1) is 44.9 Å². The van der Waals surface area contributed by atoms with Crippen molar-refractivity contribution in [3.05, 3.63) is 44.9 Å². The molecule has 0 aromatic rings. The van der Waals surface area contributed by atoms with Crippen LogP contribution in [0.5, 0.6) is 0 Å². The van der Waals surface area contributed by atoms with Crippen molar-refractivity contribution >= 4 is 0 Å². The average molecular weight is 292 g/mol. The van der Waals surface area contributed by atoms with E-state index in [0.29, 0.717) is 0 Å². The summed E-state index contributed by atoms with van der Waals surface area (Å²) in [4.78, 5) is 0. The molecule has 0 amide bonds. The van der Waals surface area contributed by atoms with Gasteiger partial charge in [-0.15, -0.1) is 0 Å². The van der Waals surface area contributed by atoms with Crippen LogP contribution in [0.2, 0.25) is 0 Å². The van der Waals surface area contributed by atoms with Crippen LogP contribution in [0.3, 0.4) is 0 Å². The standard InChI is InChI=1S/C8H12.C6H9.Rh/c1-2-4-6-8-7-5-3-1;1-2-4-6-5-3-1;/h1-2,7-8H,3-6H2;1-3H,4-6H2;. The molecule has 0 unspecified atom stereocenters. The largest absolute Gasteiger partial charge is 0.0527 e. The Balaban J connectivity index is 0.000000253.